The van der Waals surface area contributed by atoms with Gasteiger partial charge in [-0.1, -0.05) is 32.3 Å². The lowest BCUT2D eigenvalue weighted by Gasteiger charge is -1.99. The van der Waals surface area contributed by atoms with Crippen molar-refractivity contribution < 1.29 is 0 Å². The van der Waals surface area contributed by atoms with Crippen molar-refractivity contribution in [2.75, 3.05) is 0 Å². The van der Waals surface area contributed by atoms with Gasteiger partial charge in [0.15, 0.2) is 0 Å². The van der Waals surface area contributed by atoms with E-state index in [9.17, 15) is 0 Å². The normalized spacial score (nSPS) is 11.4. The third kappa shape index (κ3) is 5.13. The number of nitrogens with zero attached hydrogens (tertiary/aromatic N) is 1. The van der Waals surface area contributed by atoms with Crippen LogP contribution in [0, 0.1) is 13.8 Å². The van der Waals surface area contributed by atoms with Crippen molar-refractivity contribution >= 4 is 23.2 Å². The average molecular weight is 299 g/mol. The summed E-state index contributed by atoms with van der Waals surface area (Å²) in [5.74, 6) is 0. The Morgan fingerprint density at radius 3 is 2.62 bits per heavy atom. The molecular weight excluding hydrogens is 274 g/mol. The highest BCUT2D eigenvalue weighted by molar-refractivity contribution is 7.13. The third-order valence-electron chi connectivity index (χ3n) is 3.79. The van der Waals surface area contributed by atoms with Crippen LogP contribution in [-0.4, -0.2) is 6.21 Å². The van der Waals surface area contributed by atoms with Gasteiger partial charge in [0.1, 0.15) is 0 Å². The molecule has 0 amide bonds. The van der Waals surface area contributed by atoms with Crippen LogP contribution in [0.4, 0.5) is 5.69 Å². The maximum Gasteiger partial charge on any atom is 0.0633 e. The Morgan fingerprint density at radius 1 is 1.00 bits per heavy atom. The number of unbranched alkanes of at least 4 members (excludes halogenated alkanes) is 3. The first-order valence-corrected chi connectivity index (χ1v) is 8.70. The van der Waals surface area contributed by atoms with Gasteiger partial charge in [0, 0.05) is 16.0 Å². The Labute approximate surface area is 132 Å². The van der Waals surface area contributed by atoms with Gasteiger partial charge in [0.2, 0.25) is 0 Å². The zero-order chi connectivity index (χ0) is 15.1. The van der Waals surface area contributed by atoms with E-state index in [0.29, 0.717) is 0 Å². The minimum atomic E-state index is 1.04. The Bertz CT molecular complexity index is 595. The van der Waals surface area contributed by atoms with Crippen LogP contribution < -0.4 is 0 Å². The zero-order valence-corrected chi connectivity index (χ0v) is 14.2. The Balaban J connectivity index is 1.92. The van der Waals surface area contributed by atoms with E-state index >= 15 is 0 Å². The van der Waals surface area contributed by atoms with Crippen molar-refractivity contribution in [1.82, 2.24) is 0 Å². The molecule has 1 aromatic heterocycles. The molecule has 1 heterocycles. The molecule has 2 rings (SSSR count). The van der Waals surface area contributed by atoms with Crippen LogP contribution in [-0.2, 0) is 6.42 Å². The maximum atomic E-state index is 4.59. The summed E-state index contributed by atoms with van der Waals surface area (Å²) in [4.78, 5) is 7.32. The topological polar surface area (TPSA) is 12.4 Å². The van der Waals surface area contributed by atoms with Gasteiger partial charge in [-0.05, 0) is 62.1 Å². The van der Waals surface area contributed by atoms with Crippen LogP contribution >= 0.6 is 11.3 Å². The minimum absolute atomic E-state index is 1.04. The van der Waals surface area contributed by atoms with Gasteiger partial charge < -0.3 is 0 Å². The van der Waals surface area contributed by atoms with E-state index in [1.54, 1.807) is 0 Å². The Morgan fingerprint density at radius 2 is 1.86 bits per heavy atom. The van der Waals surface area contributed by atoms with Gasteiger partial charge in [-0.3, -0.25) is 4.99 Å². The first-order valence-electron chi connectivity index (χ1n) is 7.89. The molecule has 0 unspecified atom stereocenters. The second-order valence-corrected chi connectivity index (χ2v) is 6.84. The number of aryl methyl sites for hydroxylation is 3. The molecule has 0 radical (unpaired) electrons. The maximum absolute atomic E-state index is 4.59. The quantitative estimate of drug-likeness (QED) is 0.424. The first-order chi connectivity index (χ1) is 10.2. The SMILES string of the molecule is CCCCCCc1ccc(/C=N/c2ccc(C)c(C)c2)s1. The highest BCUT2D eigenvalue weighted by Gasteiger charge is 1.99. The molecule has 0 aliphatic carbocycles. The van der Waals surface area contributed by atoms with Gasteiger partial charge in [-0.2, -0.15) is 0 Å². The van der Waals surface area contributed by atoms with E-state index in [1.165, 1.54) is 53.0 Å². The van der Waals surface area contributed by atoms with E-state index in [4.69, 9.17) is 0 Å². The Hall–Kier alpha value is -1.41. The molecule has 0 aliphatic rings. The molecule has 0 aliphatic heterocycles. The summed E-state index contributed by atoms with van der Waals surface area (Å²) < 4.78 is 0. The van der Waals surface area contributed by atoms with E-state index in [2.05, 4.69) is 56.1 Å². The molecule has 0 spiro atoms. The molecular formula is C19H25NS. The molecule has 1 aromatic carbocycles. The van der Waals surface area contributed by atoms with Gasteiger partial charge in [0.25, 0.3) is 0 Å². The van der Waals surface area contributed by atoms with Crippen LogP contribution in [0.3, 0.4) is 0 Å². The number of rotatable bonds is 7. The van der Waals surface area contributed by atoms with E-state index in [0.717, 1.165) is 5.69 Å². The molecule has 0 saturated heterocycles. The summed E-state index contributed by atoms with van der Waals surface area (Å²) in [6.07, 6.45) is 8.51. The minimum Gasteiger partial charge on any atom is -0.255 e. The average Bonchev–Trinajstić information content (AvgIpc) is 2.93. The lowest BCUT2D eigenvalue weighted by atomic mass is 10.1. The molecule has 0 bridgehead atoms. The molecule has 21 heavy (non-hydrogen) atoms. The monoisotopic (exact) mass is 299 g/mol. The third-order valence-corrected chi connectivity index (χ3v) is 4.87. The van der Waals surface area contributed by atoms with Crippen LogP contribution in [0.2, 0.25) is 0 Å². The number of hydrogen-bond donors (Lipinski definition) is 0. The first kappa shape index (κ1) is 16.0. The van der Waals surface area contributed by atoms with E-state index < -0.39 is 0 Å². The predicted molar refractivity (Wildman–Crippen MR) is 95.3 cm³/mol. The highest BCUT2D eigenvalue weighted by atomic mass is 32.1. The largest absolute Gasteiger partial charge is 0.255 e. The van der Waals surface area contributed by atoms with Gasteiger partial charge in [0.05, 0.1) is 5.69 Å². The van der Waals surface area contributed by atoms with Gasteiger partial charge >= 0.3 is 0 Å². The van der Waals surface area contributed by atoms with Gasteiger partial charge in [-0.15, -0.1) is 11.3 Å². The smallest absolute Gasteiger partial charge is 0.0633 e. The molecule has 1 nitrogen and oxygen atoms in total. The van der Waals surface area contributed by atoms with Crippen molar-refractivity contribution in [1.29, 1.82) is 0 Å². The highest BCUT2D eigenvalue weighted by Crippen LogP contribution is 2.20. The van der Waals surface area contributed by atoms with E-state index in [-0.39, 0.29) is 0 Å². The summed E-state index contributed by atoms with van der Waals surface area (Å²) >= 11 is 1.87. The molecule has 0 atom stereocenters. The van der Waals surface area contributed by atoms with Crippen molar-refractivity contribution in [3.63, 3.8) is 0 Å². The lowest BCUT2D eigenvalue weighted by molar-refractivity contribution is 0.670. The second-order valence-electron chi connectivity index (χ2n) is 5.64. The summed E-state index contributed by atoms with van der Waals surface area (Å²) in [6.45, 7) is 6.52. The fraction of sp³-hybridized carbons (Fsp3) is 0.421. The summed E-state index contributed by atoms with van der Waals surface area (Å²) in [6, 6.07) is 10.8. The number of benzene rings is 1. The standard InChI is InChI=1S/C19H25NS/c1-4-5-6-7-8-18-11-12-19(21-18)14-20-17-10-9-15(2)16(3)13-17/h9-14H,4-8H2,1-3H3/b20-14+. The summed E-state index contributed by atoms with van der Waals surface area (Å²) in [7, 11) is 0. The molecule has 0 fully saturated rings. The number of thiophene rings is 1. The Kier molecular flexibility index (Phi) is 6.19. The van der Waals surface area contributed by atoms with Crippen LogP contribution in [0.1, 0.15) is 53.5 Å². The number of hydrogen-bond acceptors (Lipinski definition) is 2. The van der Waals surface area contributed by atoms with Crippen LogP contribution in [0.5, 0.6) is 0 Å². The van der Waals surface area contributed by atoms with Crippen LogP contribution in [0.25, 0.3) is 0 Å². The van der Waals surface area contributed by atoms with E-state index in [1.807, 2.05) is 17.6 Å². The van der Waals surface area contributed by atoms with Crippen molar-refractivity contribution in [2.45, 2.75) is 52.9 Å². The summed E-state index contributed by atoms with van der Waals surface area (Å²) in [5, 5.41) is 0. The zero-order valence-electron chi connectivity index (χ0n) is 13.4. The predicted octanol–water partition coefficient (Wildman–Crippen LogP) is 6.24. The number of aliphatic imine (C=N–C) groups is 1. The molecule has 0 N–H and O–H groups in total. The van der Waals surface area contributed by atoms with Crippen molar-refractivity contribution in [3.05, 3.63) is 51.2 Å². The fourth-order valence-electron chi connectivity index (χ4n) is 2.27. The van der Waals surface area contributed by atoms with Crippen molar-refractivity contribution in [3.8, 4) is 0 Å². The van der Waals surface area contributed by atoms with Crippen LogP contribution in [0.15, 0.2) is 35.3 Å². The molecule has 2 heteroatoms. The molecule has 112 valence electrons. The summed E-state index contributed by atoms with van der Waals surface area (Å²) in [5.41, 5.74) is 3.66. The fourth-order valence-corrected chi connectivity index (χ4v) is 3.20. The second kappa shape index (κ2) is 8.14. The lowest BCUT2D eigenvalue weighted by Crippen LogP contribution is -1.80. The molecule has 0 saturated carbocycles. The van der Waals surface area contributed by atoms with Crippen molar-refractivity contribution in [2.24, 2.45) is 4.99 Å². The van der Waals surface area contributed by atoms with Gasteiger partial charge in [-0.25, -0.2) is 0 Å². The molecule has 2 aromatic rings.